The van der Waals surface area contributed by atoms with Crippen molar-refractivity contribution in [1.82, 2.24) is 15.1 Å². The lowest BCUT2D eigenvalue weighted by Gasteiger charge is -2.16. The van der Waals surface area contributed by atoms with Gasteiger partial charge in [0.2, 0.25) is 5.91 Å². The summed E-state index contributed by atoms with van der Waals surface area (Å²) in [4.78, 5) is 11.7. The lowest BCUT2D eigenvalue weighted by atomic mass is 10.2. The third-order valence-corrected chi connectivity index (χ3v) is 2.40. The highest BCUT2D eigenvalue weighted by atomic mass is 16.2. The van der Waals surface area contributed by atoms with Crippen molar-refractivity contribution in [2.45, 2.75) is 39.3 Å². The average Bonchev–Trinajstić information content (AvgIpc) is 2.63. The average molecular weight is 210 g/mol. The fraction of sp³-hybridized carbons (Fsp3) is 0.600. The van der Waals surface area contributed by atoms with Crippen molar-refractivity contribution in [3.05, 3.63) is 12.4 Å². The summed E-state index contributed by atoms with van der Waals surface area (Å²) in [6.45, 7) is 5.80. The zero-order chi connectivity index (χ0) is 11.4. The zero-order valence-electron chi connectivity index (χ0n) is 9.40. The number of nitrogen functional groups attached to an aromatic ring is 1. The summed E-state index contributed by atoms with van der Waals surface area (Å²) in [7, 11) is 0. The van der Waals surface area contributed by atoms with E-state index in [2.05, 4.69) is 10.4 Å². The molecule has 0 aliphatic heterocycles. The minimum atomic E-state index is -0.323. The van der Waals surface area contributed by atoms with Crippen molar-refractivity contribution in [3.63, 3.8) is 0 Å². The summed E-state index contributed by atoms with van der Waals surface area (Å²) in [5.41, 5.74) is 6.10. The first kappa shape index (κ1) is 11.6. The van der Waals surface area contributed by atoms with Crippen LogP contribution in [-0.2, 0) is 4.79 Å². The second-order valence-electron chi connectivity index (χ2n) is 3.75. The van der Waals surface area contributed by atoms with Gasteiger partial charge < -0.3 is 11.1 Å². The van der Waals surface area contributed by atoms with Crippen LogP contribution < -0.4 is 11.1 Å². The molecule has 84 valence electrons. The fourth-order valence-corrected chi connectivity index (χ4v) is 1.15. The number of hydrogen-bond acceptors (Lipinski definition) is 3. The molecule has 3 N–H and O–H groups in total. The number of amides is 1. The van der Waals surface area contributed by atoms with Gasteiger partial charge in [-0.1, -0.05) is 6.92 Å². The van der Waals surface area contributed by atoms with Gasteiger partial charge in [0.25, 0.3) is 0 Å². The van der Waals surface area contributed by atoms with Crippen LogP contribution in [0.1, 0.15) is 33.2 Å². The Morgan fingerprint density at radius 2 is 2.33 bits per heavy atom. The van der Waals surface area contributed by atoms with Crippen molar-refractivity contribution >= 4 is 11.6 Å². The highest BCUT2D eigenvalue weighted by molar-refractivity contribution is 5.80. The van der Waals surface area contributed by atoms with Crippen LogP contribution in [0, 0.1) is 0 Å². The van der Waals surface area contributed by atoms with Gasteiger partial charge in [0.05, 0.1) is 11.9 Å². The van der Waals surface area contributed by atoms with Crippen LogP contribution in [0.5, 0.6) is 0 Å². The Labute approximate surface area is 89.6 Å². The monoisotopic (exact) mass is 210 g/mol. The standard InChI is InChI=1S/C10H18N4O/c1-4-7(2)13-10(15)8(3)14-6-9(11)5-12-14/h5-8H,4,11H2,1-3H3,(H,13,15). The molecule has 5 heteroatoms. The second-order valence-corrected chi connectivity index (χ2v) is 3.75. The number of nitrogens with zero attached hydrogens (tertiary/aromatic N) is 2. The first-order valence-corrected chi connectivity index (χ1v) is 5.14. The molecule has 0 spiro atoms. The van der Waals surface area contributed by atoms with E-state index in [-0.39, 0.29) is 18.0 Å². The van der Waals surface area contributed by atoms with Crippen LogP contribution in [-0.4, -0.2) is 21.7 Å². The third-order valence-electron chi connectivity index (χ3n) is 2.40. The zero-order valence-corrected chi connectivity index (χ0v) is 9.40. The number of carbonyl (C=O) groups is 1. The van der Waals surface area contributed by atoms with Crippen molar-refractivity contribution < 1.29 is 4.79 Å². The third kappa shape index (κ3) is 2.97. The molecule has 5 nitrogen and oxygen atoms in total. The van der Waals surface area contributed by atoms with Gasteiger partial charge >= 0.3 is 0 Å². The maximum atomic E-state index is 11.7. The molecule has 0 aromatic carbocycles. The predicted octanol–water partition coefficient (Wildman–Crippen LogP) is 0.941. The Kier molecular flexibility index (Phi) is 3.71. The number of carbonyl (C=O) groups excluding carboxylic acids is 1. The minimum Gasteiger partial charge on any atom is -0.396 e. The number of hydrogen-bond donors (Lipinski definition) is 2. The first-order valence-electron chi connectivity index (χ1n) is 5.14. The Morgan fingerprint density at radius 3 is 2.80 bits per heavy atom. The molecule has 1 rings (SSSR count). The SMILES string of the molecule is CCC(C)NC(=O)C(C)n1cc(N)cn1. The van der Waals surface area contributed by atoms with Crippen LogP contribution in [0.3, 0.4) is 0 Å². The molecular weight excluding hydrogens is 192 g/mol. The summed E-state index contributed by atoms with van der Waals surface area (Å²) in [5.74, 6) is -0.0348. The molecule has 0 aliphatic carbocycles. The molecule has 0 saturated carbocycles. The maximum absolute atomic E-state index is 11.7. The molecule has 2 unspecified atom stereocenters. The maximum Gasteiger partial charge on any atom is 0.244 e. The number of rotatable bonds is 4. The summed E-state index contributed by atoms with van der Waals surface area (Å²) >= 11 is 0. The van der Waals surface area contributed by atoms with Crippen LogP contribution in [0.15, 0.2) is 12.4 Å². The summed E-state index contributed by atoms with van der Waals surface area (Å²) in [6.07, 6.45) is 4.10. The lowest BCUT2D eigenvalue weighted by molar-refractivity contribution is -0.124. The molecule has 0 bridgehead atoms. The molecule has 1 heterocycles. The highest BCUT2D eigenvalue weighted by Crippen LogP contribution is 2.08. The first-order chi connectivity index (χ1) is 7.04. The van der Waals surface area contributed by atoms with E-state index in [1.165, 1.54) is 6.20 Å². The molecule has 1 amide bonds. The molecule has 0 radical (unpaired) electrons. The van der Waals surface area contributed by atoms with Gasteiger partial charge in [-0.2, -0.15) is 5.10 Å². The van der Waals surface area contributed by atoms with Gasteiger partial charge in [-0.05, 0) is 20.3 Å². The minimum absolute atomic E-state index is 0.0348. The largest absolute Gasteiger partial charge is 0.396 e. The van der Waals surface area contributed by atoms with Gasteiger partial charge in [-0.3, -0.25) is 9.48 Å². The quantitative estimate of drug-likeness (QED) is 0.776. The van der Waals surface area contributed by atoms with Gasteiger partial charge in [-0.15, -0.1) is 0 Å². The van der Waals surface area contributed by atoms with Crippen molar-refractivity contribution in [3.8, 4) is 0 Å². The fourth-order valence-electron chi connectivity index (χ4n) is 1.15. The topological polar surface area (TPSA) is 72.9 Å². The van der Waals surface area contributed by atoms with Crippen molar-refractivity contribution in [2.75, 3.05) is 5.73 Å². The Morgan fingerprint density at radius 1 is 1.67 bits per heavy atom. The van der Waals surface area contributed by atoms with E-state index in [9.17, 15) is 4.79 Å². The molecular formula is C10H18N4O. The predicted molar refractivity (Wildman–Crippen MR) is 59.2 cm³/mol. The van der Waals surface area contributed by atoms with Gasteiger partial charge in [0.15, 0.2) is 0 Å². The number of aromatic nitrogens is 2. The summed E-state index contributed by atoms with van der Waals surface area (Å²) in [6, 6.07) is -0.135. The van der Waals surface area contributed by atoms with E-state index >= 15 is 0 Å². The smallest absolute Gasteiger partial charge is 0.244 e. The Hall–Kier alpha value is -1.52. The van der Waals surface area contributed by atoms with Crippen LogP contribution >= 0.6 is 0 Å². The highest BCUT2D eigenvalue weighted by Gasteiger charge is 2.16. The van der Waals surface area contributed by atoms with E-state index in [0.717, 1.165) is 6.42 Å². The molecule has 0 aliphatic rings. The molecule has 0 fully saturated rings. The van der Waals surface area contributed by atoms with E-state index in [1.807, 2.05) is 13.8 Å². The molecule has 1 aromatic heterocycles. The van der Waals surface area contributed by atoms with E-state index in [1.54, 1.807) is 17.8 Å². The van der Waals surface area contributed by atoms with Gasteiger partial charge in [0, 0.05) is 12.2 Å². The van der Waals surface area contributed by atoms with Gasteiger partial charge in [-0.25, -0.2) is 0 Å². The van der Waals surface area contributed by atoms with Crippen molar-refractivity contribution in [2.24, 2.45) is 0 Å². The normalized spacial score (nSPS) is 14.6. The molecule has 1 aromatic rings. The van der Waals surface area contributed by atoms with Crippen LogP contribution in [0.25, 0.3) is 0 Å². The Balaban J connectivity index is 2.60. The molecule has 15 heavy (non-hydrogen) atoms. The lowest BCUT2D eigenvalue weighted by Crippen LogP contribution is -2.37. The Bertz CT molecular complexity index is 334. The van der Waals surface area contributed by atoms with Gasteiger partial charge in [0.1, 0.15) is 6.04 Å². The summed E-state index contributed by atoms with van der Waals surface area (Å²) in [5, 5.41) is 6.90. The van der Waals surface area contributed by atoms with Crippen molar-refractivity contribution in [1.29, 1.82) is 0 Å². The van der Waals surface area contributed by atoms with Crippen LogP contribution in [0.2, 0.25) is 0 Å². The van der Waals surface area contributed by atoms with E-state index < -0.39 is 0 Å². The number of anilines is 1. The van der Waals surface area contributed by atoms with E-state index in [0.29, 0.717) is 5.69 Å². The van der Waals surface area contributed by atoms with E-state index in [4.69, 9.17) is 5.73 Å². The summed E-state index contributed by atoms with van der Waals surface area (Å²) < 4.78 is 1.56. The number of nitrogens with two attached hydrogens (primary N) is 1. The number of nitrogens with one attached hydrogen (secondary N) is 1. The molecule has 0 saturated heterocycles. The molecule has 2 atom stereocenters. The second kappa shape index (κ2) is 4.82. The van der Waals surface area contributed by atoms with Crippen LogP contribution in [0.4, 0.5) is 5.69 Å².